The first-order chi connectivity index (χ1) is 17.0. The molecule has 1 aromatic carbocycles. The third kappa shape index (κ3) is 5.17. The van der Waals surface area contributed by atoms with Gasteiger partial charge in [0.2, 0.25) is 0 Å². The van der Waals surface area contributed by atoms with Crippen molar-refractivity contribution in [2.75, 3.05) is 31.9 Å². The number of imidazole rings is 1. The highest BCUT2D eigenvalue weighted by Gasteiger charge is 2.45. The monoisotopic (exact) mass is 516 g/mol. The molecule has 2 saturated heterocycles. The molecule has 2 aliphatic rings. The third-order valence-electron chi connectivity index (χ3n) is 7.09. The zero-order chi connectivity index (χ0) is 24.4. The van der Waals surface area contributed by atoms with Gasteiger partial charge in [-0.1, -0.05) is 30.3 Å². The van der Waals surface area contributed by atoms with Crippen LogP contribution in [0.5, 0.6) is 0 Å². The molecule has 0 aliphatic carbocycles. The molecule has 0 saturated carbocycles. The summed E-state index contributed by atoms with van der Waals surface area (Å²) in [7, 11) is 0. The van der Waals surface area contributed by atoms with E-state index in [1.54, 1.807) is 29.1 Å². The molecule has 10 heteroatoms. The first-order valence-electron chi connectivity index (χ1n) is 12.2. The van der Waals surface area contributed by atoms with Crippen molar-refractivity contribution in [2.45, 2.75) is 56.0 Å². The molecule has 35 heavy (non-hydrogen) atoms. The molecule has 0 atom stereocenters. The second-order valence-electron chi connectivity index (χ2n) is 9.35. The Balaban J connectivity index is 1.21. The van der Waals surface area contributed by atoms with E-state index in [4.69, 9.17) is 16.6 Å². The van der Waals surface area contributed by atoms with E-state index < -0.39 is 5.67 Å². The Hall–Kier alpha value is -2.23. The van der Waals surface area contributed by atoms with Gasteiger partial charge in [0.05, 0.1) is 17.2 Å². The zero-order valence-corrected chi connectivity index (χ0v) is 21.4. The highest BCUT2D eigenvalue weighted by Crippen LogP contribution is 2.36. The highest BCUT2D eigenvalue weighted by molar-refractivity contribution is 7.99. The quantitative estimate of drug-likeness (QED) is 0.440. The van der Waals surface area contributed by atoms with Crippen LogP contribution in [-0.2, 0) is 11.3 Å². The molecule has 0 bridgehead atoms. The summed E-state index contributed by atoms with van der Waals surface area (Å²) in [6.45, 7) is 5.05. The van der Waals surface area contributed by atoms with Crippen molar-refractivity contribution in [2.24, 2.45) is 0 Å². The van der Waals surface area contributed by atoms with Crippen LogP contribution in [0.4, 0.5) is 4.39 Å². The summed E-state index contributed by atoms with van der Waals surface area (Å²) >= 11 is 7.90. The Bertz CT molecular complexity index is 1180. The van der Waals surface area contributed by atoms with Crippen LogP contribution in [0.3, 0.4) is 0 Å². The fourth-order valence-electron chi connectivity index (χ4n) is 5.19. The van der Waals surface area contributed by atoms with E-state index in [9.17, 15) is 4.79 Å². The van der Waals surface area contributed by atoms with Crippen LogP contribution in [0, 0.1) is 0 Å². The number of halogens is 2. The number of alkyl halides is 1. The second-order valence-corrected chi connectivity index (χ2v) is 11.0. The Morgan fingerprint density at radius 2 is 1.94 bits per heavy atom. The number of amides is 1. The molecule has 186 valence electrons. The molecule has 0 N–H and O–H groups in total. The standard InChI is InChI=1S/C25H30ClFN6OS/c1-2-35-24-30-21-15-19(26)3-4-22(21)33(24)20-6-11-32(12-7-20)23(34)25(27)8-13-31(14-9-25)17-18-5-10-28-29-16-18/h3-5,10,15-16,20H,2,6-9,11-14,17H2,1H3. The number of hydrogen-bond donors (Lipinski definition) is 0. The predicted octanol–water partition coefficient (Wildman–Crippen LogP) is 4.76. The van der Waals surface area contributed by atoms with Crippen molar-refractivity contribution in [3.05, 3.63) is 47.2 Å². The summed E-state index contributed by atoms with van der Waals surface area (Å²) in [5.74, 6) is 0.583. The van der Waals surface area contributed by atoms with Crippen LogP contribution in [0.25, 0.3) is 11.0 Å². The number of likely N-dealkylation sites (tertiary alicyclic amines) is 2. The van der Waals surface area contributed by atoms with Crippen LogP contribution in [0.15, 0.2) is 41.8 Å². The largest absolute Gasteiger partial charge is 0.340 e. The lowest BCUT2D eigenvalue weighted by molar-refractivity contribution is -0.149. The van der Waals surface area contributed by atoms with Crippen LogP contribution < -0.4 is 0 Å². The number of piperidine rings is 2. The SMILES string of the molecule is CCSc1nc2cc(Cl)ccc2n1C1CCN(C(=O)C2(F)CCN(Cc3ccnnc3)CC2)CC1. The predicted molar refractivity (Wildman–Crippen MR) is 136 cm³/mol. The number of carbonyl (C=O) groups excluding carboxylic acids is 1. The summed E-state index contributed by atoms with van der Waals surface area (Å²) in [5, 5.41) is 9.36. The maximum absolute atomic E-state index is 15.8. The minimum absolute atomic E-state index is 0.227. The van der Waals surface area contributed by atoms with Crippen LogP contribution in [-0.4, -0.2) is 73.1 Å². The molecule has 2 fully saturated rings. The molecule has 0 radical (unpaired) electrons. The summed E-state index contributed by atoms with van der Waals surface area (Å²) < 4.78 is 18.1. The lowest BCUT2D eigenvalue weighted by Gasteiger charge is -2.40. The minimum atomic E-state index is -1.78. The first-order valence-corrected chi connectivity index (χ1v) is 13.6. The smallest absolute Gasteiger partial charge is 0.260 e. The van der Waals surface area contributed by atoms with E-state index >= 15 is 4.39 Å². The fraction of sp³-hybridized carbons (Fsp3) is 0.520. The van der Waals surface area contributed by atoms with Gasteiger partial charge in [0.1, 0.15) is 0 Å². The lowest BCUT2D eigenvalue weighted by Crippen LogP contribution is -2.53. The normalized spacial score (nSPS) is 19.3. The van der Waals surface area contributed by atoms with Crippen LogP contribution in [0.1, 0.15) is 44.2 Å². The molecule has 4 heterocycles. The average molecular weight is 517 g/mol. The molecular weight excluding hydrogens is 487 g/mol. The fourth-order valence-corrected chi connectivity index (χ4v) is 6.17. The van der Waals surface area contributed by atoms with Gasteiger partial charge in [-0.2, -0.15) is 10.2 Å². The van der Waals surface area contributed by atoms with Crippen molar-refractivity contribution in [1.82, 2.24) is 29.5 Å². The number of fused-ring (bicyclic) bond motifs is 1. The van der Waals surface area contributed by atoms with Crippen LogP contribution in [0.2, 0.25) is 5.02 Å². The third-order valence-corrected chi connectivity index (χ3v) is 8.16. The molecule has 3 aromatic rings. The van der Waals surface area contributed by atoms with E-state index in [1.165, 1.54) is 0 Å². The van der Waals surface area contributed by atoms with E-state index in [2.05, 4.69) is 26.6 Å². The minimum Gasteiger partial charge on any atom is -0.340 e. The van der Waals surface area contributed by atoms with Crippen molar-refractivity contribution >= 4 is 40.3 Å². The van der Waals surface area contributed by atoms with Gasteiger partial charge >= 0.3 is 0 Å². The van der Waals surface area contributed by atoms with Crippen molar-refractivity contribution in [1.29, 1.82) is 0 Å². The molecule has 2 aliphatic heterocycles. The van der Waals surface area contributed by atoms with Gasteiger partial charge in [-0.05, 0) is 48.4 Å². The number of thioether (sulfide) groups is 1. The number of aromatic nitrogens is 4. The number of nitrogens with zero attached hydrogens (tertiary/aromatic N) is 6. The Kier molecular flexibility index (Phi) is 7.27. The number of rotatable bonds is 6. The molecule has 0 spiro atoms. The number of hydrogen-bond acceptors (Lipinski definition) is 6. The van der Waals surface area contributed by atoms with E-state index in [1.807, 2.05) is 24.3 Å². The summed E-state index contributed by atoms with van der Waals surface area (Å²) in [5.41, 5.74) is 1.23. The number of benzene rings is 1. The second kappa shape index (κ2) is 10.4. The molecular formula is C25H30ClFN6OS. The van der Waals surface area contributed by atoms with E-state index in [-0.39, 0.29) is 24.8 Å². The van der Waals surface area contributed by atoms with E-state index in [0.717, 1.165) is 40.3 Å². The zero-order valence-electron chi connectivity index (χ0n) is 19.9. The molecule has 1 amide bonds. The van der Waals surface area contributed by atoms with Gasteiger partial charge in [-0.15, -0.1) is 0 Å². The van der Waals surface area contributed by atoms with Crippen molar-refractivity contribution < 1.29 is 9.18 Å². The maximum atomic E-state index is 15.8. The summed E-state index contributed by atoms with van der Waals surface area (Å²) in [6, 6.07) is 7.96. The van der Waals surface area contributed by atoms with Gasteiger partial charge in [-0.3, -0.25) is 9.69 Å². The lowest BCUT2D eigenvalue weighted by atomic mass is 9.90. The van der Waals surface area contributed by atoms with Gasteiger partial charge in [0, 0.05) is 62.8 Å². The summed E-state index contributed by atoms with van der Waals surface area (Å²) in [4.78, 5) is 21.9. The van der Waals surface area contributed by atoms with Crippen molar-refractivity contribution in [3.8, 4) is 0 Å². The Morgan fingerprint density at radius 1 is 1.17 bits per heavy atom. The Morgan fingerprint density at radius 3 is 2.63 bits per heavy atom. The maximum Gasteiger partial charge on any atom is 0.260 e. The van der Waals surface area contributed by atoms with Gasteiger partial charge in [0.15, 0.2) is 10.8 Å². The number of carbonyl (C=O) groups is 1. The van der Waals surface area contributed by atoms with Gasteiger partial charge in [0.25, 0.3) is 5.91 Å². The molecule has 0 unspecified atom stereocenters. The van der Waals surface area contributed by atoms with Crippen molar-refractivity contribution in [3.63, 3.8) is 0 Å². The van der Waals surface area contributed by atoms with Crippen LogP contribution >= 0.6 is 23.4 Å². The topological polar surface area (TPSA) is 67.2 Å². The van der Waals surface area contributed by atoms with Gasteiger partial charge < -0.3 is 9.47 Å². The first kappa shape index (κ1) is 24.5. The molecule has 5 rings (SSSR count). The van der Waals surface area contributed by atoms with E-state index in [0.29, 0.717) is 37.7 Å². The summed E-state index contributed by atoms with van der Waals surface area (Å²) in [6.07, 6.45) is 5.43. The average Bonchev–Trinajstić information content (AvgIpc) is 3.23. The highest BCUT2D eigenvalue weighted by atomic mass is 35.5. The van der Waals surface area contributed by atoms with Gasteiger partial charge in [-0.25, -0.2) is 9.37 Å². The Labute approximate surface area is 214 Å². The molecule has 7 nitrogen and oxygen atoms in total. The molecule has 2 aromatic heterocycles.